The van der Waals surface area contributed by atoms with Gasteiger partial charge in [-0.2, -0.15) is 0 Å². The van der Waals surface area contributed by atoms with Crippen molar-refractivity contribution in [1.29, 1.82) is 0 Å². The molecule has 0 saturated carbocycles. The van der Waals surface area contributed by atoms with Crippen LogP contribution in [-0.4, -0.2) is 25.7 Å². The highest BCUT2D eigenvalue weighted by molar-refractivity contribution is 6.10. The summed E-state index contributed by atoms with van der Waals surface area (Å²) in [4.78, 5) is 12.7. The SMILES string of the molecule is O=C1Nc2ccccc2C12COc1c2ccc2c1OCCO2. The fraction of sp³-hybridized carbons (Fsp3) is 0.235. The van der Waals surface area contributed by atoms with Crippen LogP contribution < -0.4 is 19.5 Å². The van der Waals surface area contributed by atoms with Crippen LogP contribution in [0.5, 0.6) is 17.2 Å². The minimum Gasteiger partial charge on any atom is -0.487 e. The lowest BCUT2D eigenvalue weighted by atomic mass is 9.77. The van der Waals surface area contributed by atoms with Gasteiger partial charge in [-0.05, 0) is 23.8 Å². The summed E-state index contributed by atoms with van der Waals surface area (Å²) in [5, 5.41) is 2.96. The van der Waals surface area contributed by atoms with Gasteiger partial charge in [-0.3, -0.25) is 4.79 Å². The monoisotopic (exact) mass is 295 g/mol. The molecule has 110 valence electrons. The van der Waals surface area contributed by atoms with Crippen LogP contribution in [0.4, 0.5) is 5.69 Å². The summed E-state index contributed by atoms with van der Waals surface area (Å²) in [6.45, 7) is 1.30. The molecule has 1 unspecified atom stereocenters. The number of carbonyl (C=O) groups excluding carboxylic acids is 1. The van der Waals surface area contributed by atoms with Gasteiger partial charge < -0.3 is 19.5 Å². The summed E-state index contributed by atoms with van der Waals surface area (Å²) in [7, 11) is 0. The Morgan fingerprint density at radius 3 is 2.73 bits per heavy atom. The zero-order valence-electron chi connectivity index (χ0n) is 11.7. The summed E-state index contributed by atoms with van der Waals surface area (Å²) in [6.07, 6.45) is 0. The van der Waals surface area contributed by atoms with E-state index in [2.05, 4.69) is 5.32 Å². The van der Waals surface area contributed by atoms with Crippen molar-refractivity contribution in [3.63, 3.8) is 0 Å². The highest BCUT2D eigenvalue weighted by atomic mass is 16.6. The Labute approximate surface area is 126 Å². The molecule has 0 bridgehead atoms. The third-order valence-corrected chi connectivity index (χ3v) is 4.58. The van der Waals surface area contributed by atoms with Crippen LogP contribution in [0, 0.1) is 0 Å². The first-order valence-electron chi connectivity index (χ1n) is 7.27. The van der Waals surface area contributed by atoms with Gasteiger partial charge in [-0.25, -0.2) is 0 Å². The second kappa shape index (κ2) is 3.94. The van der Waals surface area contributed by atoms with Gasteiger partial charge in [0, 0.05) is 11.3 Å². The molecule has 2 aromatic rings. The first-order chi connectivity index (χ1) is 10.8. The fourth-order valence-electron chi connectivity index (χ4n) is 3.55. The number of para-hydroxylation sites is 1. The first kappa shape index (κ1) is 11.9. The molecule has 22 heavy (non-hydrogen) atoms. The van der Waals surface area contributed by atoms with Crippen molar-refractivity contribution in [2.45, 2.75) is 5.41 Å². The van der Waals surface area contributed by atoms with Crippen LogP contribution in [0.3, 0.4) is 0 Å². The summed E-state index contributed by atoms with van der Waals surface area (Å²) in [6, 6.07) is 11.5. The van der Waals surface area contributed by atoms with Gasteiger partial charge in [0.25, 0.3) is 0 Å². The van der Waals surface area contributed by atoms with Crippen LogP contribution >= 0.6 is 0 Å². The van der Waals surface area contributed by atoms with Crippen molar-refractivity contribution in [1.82, 2.24) is 0 Å². The van der Waals surface area contributed by atoms with Gasteiger partial charge in [0.05, 0.1) is 0 Å². The van der Waals surface area contributed by atoms with Crippen molar-refractivity contribution in [3.05, 3.63) is 47.5 Å². The molecule has 2 aromatic carbocycles. The third kappa shape index (κ3) is 1.27. The Hall–Kier alpha value is -2.69. The molecule has 0 aromatic heterocycles. The molecule has 0 aliphatic carbocycles. The Morgan fingerprint density at radius 1 is 0.909 bits per heavy atom. The molecule has 1 atom stereocenters. The van der Waals surface area contributed by atoms with Crippen molar-refractivity contribution in [2.24, 2.45) is 0 Å². The van der Waals surface area contributed by atoms with Gasteiger partial charge in [-0.1, -0.05) is 18.2 Å². The number of fused-ring (bicyclic) bond motifs is 6. The number of hydrogen-bond donors (Lipinski definition) is 1. The Morgan fingerprint density at radius 2 is 1.77 bits per heavy atom. The summed E-state index contributed by atoms with van der Waals surface area (Å²) in [5.74, 6) is 1.86. The summed E-state index contributed by atoms with van der Waals surface area (Å²) < 4.78 is 17.2. The van der Waals surface area contributed by atoms with Crippen LogP contribution in [0.25, 0.3) is 0 Å². The minimum atomic E-state index is -0.790. The summed E-state index contributed by atoms with van der Waals surface area (Å²) >= 11 is 0. The molecule has 5 nitrogen and oxygen atoms in total. The van der Waals surface area contributed by atoms with E-state index in [1.165, 1.54) is 0 Å². The molecule has 1 amide bonds. The van der Waals surface area contributed by atoms with E-state index in [0.29, 0.717) is 30.5 Å². The lowest BCUT2D eigenvalue weighted by Crippen LogP contribution is -2.37. The molecule has 0 radical (unpaired) electrons. The lowest BCUT2D eigenvalue weighted by molar-refractivity contribution is -0.119. The van der Waals surface area contributed by atoms with E-state index >= 15 is 0 Å². The quantitative estimate of drug-likeness (QED) is 0.808. The Balaban J connectivity index is 1.77. The highest BCUT2D eigenvalue weighted by Crippen LogP contribution is 2.55. The van der Waals surface area contributed by atoms with Crippen LogP contribution in [0.2, 0.25) is 0 Å². The van der Waals surface area contributed by atoms with E-state index in [9.17, 15) is 4.79 Å². The average Bonchev–Trinajstić information content (AvgIpc) is 3.09. The number of ether oxygens (including phenoxy) is 3. The normalized spacial score (nSPS) is 23.7. The van der Waals surface area contributed by atoms with E-state index in [1.807, 2.05) is 36.4 Å². The standard InChI is InChI=1S/C17H13NO4/c19-16-17(10-3-1-2-4-12(10)18-16)9-22-14-11(17)5-6-13-15(14)21-8-7-20-13/h1-6H,7-9H2,(H,18,19). The van der Waals surface area contributed by atoms with E-state index < -0.39 is 5.41 Å². The number of nitrogens with one attached hydrogen (secondary N) is 1. The van der Waals surface area contributed by atoms with Crippen LogP contribution in [0.15, 0.2) is 36.4 Å². The maximum atomic E-state index is 12.7. The van der Waals surface area contributed by atoms with E-state index in [0.717, 1.165) is 16.8 Å². The number of hydrogen-bond acceptors (Lipinski definition) is 4. The smallest absolute Gasteiger partial charge is 0.243 e. The van der Waals surface area contributed by atoms with Crippen LogP contribution in [0.1, 0.15) is 11.1 Å². The summed E-state index contributed by atoms with van der Waals surface area (Å²) in [5.41, 5.74) is 1.86. The number of benzene rings is 2. The number of carbonyl (C=O) groups is 1. The van der Waals surface area contributed by atoms with Crippen molar-refractivity contribution >= 4 is 11.6 Å². The largest absolute Gasteiger partial charge is 0.487 e. The van der Waals surface area contributed by atoms with Gasteiger partial charge in [0.1, 0.15) is 25.2 Å². The third-order valence-electron chi connectivity index (χ3n) is 4.58. The zero-order valence-corrected chi connectivity index (χ0v) is 11.7. The molecule has 1 N–H and O–H groups in total. The Bertz CT molecular complexity index is 816. The van der Waals surface area contributed by atoms with E-state index in [1.54, 1.807) is 0 Å². The van der Waals surface area contributed by atoms with Crippen LogP contribution in [-0.2, 0) is 10.2 Å². The lowest BCUT2D eigenvalue weighted by Gasteiger charge is -2.22. The zero-order chi connectivity index (χ0) is 14.7. The number of anilines is 1. The number of amides is 1. The number of rotatable bonds is 0. The topological polar surface area (TPSA) is 56.8 Å². The maximum Gasteiger partial charge on any atom is 0.243 e. The molecule has 1 spiro atoms. The van der Waals surface area contributed by atoms with Gasteiger partial charge >= 0.3 is 0 Å². The van der Waals surface area contributed by atoms with E-state index in [4.69, 9.17) is 14.2 Å². The fourth-order valence-corrected chi connectivity index (χ4v) is 3.55. The molecule has 3 heterocycles. The van der Waals surface area contributed by atoms with Crippen molar-refractivity contribution < 1.29 is 19.0 Å². The van der Waals surface area contributed by atoms with E-state index in [-0.39, 0.29) is 12.5 Å². The highest BCUT2D eigenvalue weighted by Gasteiger charge is 2.54. The first-order valence-corrected chi connectivity index (χ1v) is 7.27. The molecule has 0 fully saturated rings. The molecule has 5 rings (SSSR count). The molecule has 3 aliphatic rings. The molecular formula is C17H13NO4. The molecule has 3 aliphatic heterocycles. The predicted molar refractivity (Wildman–Crippen MR) is 78.8 cm³/mol. The molecule has 5 heteroatoms. The van der Waals surface area contributed by atoms with Gasteiger partial charge in [0.2, 0.25) is 11.7 Å². The molecular weight excluding hydrogens is 282 g/mol. The average molecular weight is 295 g/mol. The second-order valence-corrected chi connectivity index (χ2v) is 5.66. The minimum absolute atomic E-state index is 0.0517. The van der Waals surface area contributed by atoms with Gasteiger partial charge in [0.15, 0.2) is 11.5 Å². The Kier molecular flexibility index (Phi) is 2.13. The van der Waals surface area contributed by atoms with Crippen molar-refractivity contribution in [3.8, 4) is 17.2 Å². The predicted octanol–water partition coefficient (Wildman–Crippen LogP) is 2.09. The second-order valence-electron chi connectivity index (χ2n) is 5.66. The van der Waals surface area contributed by atoms with Gasteiger partial charge in [-0.15, -0.1) is 0 Å². The maximum absolute atomic E-state index is 12.7. The van der Waals surface area contributed by atoms with Crippen molar-refractivity contribution in [2.75, 3.05) is 25.1 Å². The molecule has 0 saturated heterocycles.